The predicted octanol–water partition coefficient (Wildman–Crippen LogP) is 5.71. The summed E-state index contributed by atoms with van der Waals surface area (Å²) < 4.78 is 30.8. The molecule has 0 bridgehead atoms. The largest absolute Gasteiger partial charge is 0.464 e. The van der Waals surface area contributed by atoms with Crippen LogP contribution in [0.2, 0.25) is 0 Å². The van der Waals surface area contributed by atoms with Crippen molar-refractivity contribution < 1.29 is 42.6 Å². The first kappa shape index (κ1) is 43.0. The molecule has 1 aromatic heterocycles. The summed E-state index contributed by atoms with van der Waals surface area (Å²) in [7, 11) is -4.85. The fourth-order valence-electron chi connectivity index (χ4n) is 5.92. The number of alkyl carbamates (subject to hydrolysis) is 1. The number of rotatable bonds is 21. The van der Waals surface area contributed by atoms with E-state index in [1.165, 1.54) is 0 Å². The van der Waals surface area contributed by atoms with Crippen molar-refractivity contribution in [3.63, 3.8) is 0 Å². The van der Waals surface area contributed by atoms with Crippen molar-refractivity contribution in [2.45, 2.75) is 56.6 Å². The number of aromatic nitrogens is 1. The third-order valence-corrected chi connectivity index (χ3v) is 10.6. The molecule has 14 heteroatoms. The molecule has 13 nitrogen and oxygen atoms in total. The molecule has 0 aliphatic rings. The summed E-state index contributed by atoms with van der Waals surface area (Å²) in [6.45, 7) is -0.583. The van der Waals surface area contributed by atoms with Crippen LogP contribution in [0.3, 0.4) is 0 Å². The lowest BCUT2D eigenvalue weighted by molar-refractivity contribution is -0.152. The van der Waals surface area contributed by atoms with E-state index in [2.05, 4.69) is 20.9 Å². The molecule has 1 heterocycles. The zero-order valence-electron chi connectivity index (χ0n) is 31.9. The van der Waals surface area contributed by atoms with Crippen molar-refractivity contribution in [3.05, 3.63) is 174 Å². The second-order valence-electron chi connectivity index (χ2n) is 13.4. The van der Waals surface area contributed by atoms with E-state index in [0.717, 1.165) is 16.7 Å². The van der Waals surface area contributed by atoms with Crippen molar-refractivity contribution in [2.75, 3.05) is 13.2 Å². The van der Waals surface area contributed by atoms with Crippen LogP contribution in [0, 0.1) is 0 Å². The van der Waals surface area contributed by atoms with E-state index in [-0.39, 0.29) is 32.5 Å². The minimum Gasteiger partial charge on any atom is -0.464 e. The van der Waals surface area contributed by atoms with Crippen LogP contribution in [0.4, 0.5) is 4.79 Å². The Kier molecular flexibility index (Phi) is 16.7. The Morgan fingerprint density at radius 2 is 1.17 bits per heavy atom. The number of carbonyl (C=O) groups excluding carboxylic acids is 4. The van der Waals surface area contributed by atoms with Crippen LogP contribution in [0.15, 0.2) is 146 Å². The third-order valence-electron chi connectivity index (χ3n) is 8.93. The maximum atomic E-state index is 14.2. The average molecular weight is 807 g/mol. The number of carbonyl (C=O) groups is 4. The van der Waals surface area contributed by atoms with Crippen molar-refractivity contribution in [1.82, 2.24) is 20.9 Å². The highest BCUT2D eigenvalue weighted by atomic mass is 31.2. The molecule has 302 valence electrons. The maximum absolute atomic E-state index is 14.2. The van der Waals surface area contributed by atoms with Gasteiger partial charge >= 0.3 is 19.7 Å². The average Bonchev–Trinajstić information content (AvgIpc) is 3.24. The van der Waals surface area contributed by atoms with Crippen molar-refractivity contribution in [2.24, 2.45) is 0 Å². The van der Waals surface area contributed by atoms with Gasteiger partial charge in [-0.3, -0.25) is 23.7 Å². The summed E-state index contributed by atoms with van der Waals surface area (Å²) in [5.41, 5.74) is 3.79. The molecule has 3 amide bonds. The number of amides is 3. The Morgan fingerprint density at radius 1 is 0.638 bits per heavy atom. The summed E-state index contributed by atoms with van der Waals surface area (Å²) >= 11 is 0. The Labute approximate surface area is 337 Å². The molecule has 1 unspecified atom stereocenters. The van der Waals surface area contributed by atoms with Gasteiger partial charge in [-0.05, 0) is 52.8 Å². The number of ether oxygens (including phenoxy) is 2. The van der Waals surface area contributed by atoms with Crippen molar-refractivity contribution >= 4 is 31.5 Å². The first-order valence-corrected chi connectivity index (χ1v) is 20.5. The number of pyridine rings is 1. The van der Waals surface area contributed by atoms with Crippen molar-refractivity contribution in [3.8, 4) is 0 Å². The Balaban J connectivity index is 1.25. The van der Waals surface area contributed by atoms with Gasteiger partial charge in [-0.2, -0.15) is 0 Å². The fraction of sp³-hybridized carbons (Fsp3) is 0.250. The molecule has 5 rings (SSSR count). The zero-order chi connectivity index (χ0) is 41.0. The highest BCUT2D eigenvalue weighted by Crippen LogP contribution is 2.49. The molecular weight excluding hydrogens is 759 g/mol. The fourth-order valence-corrected chi connectivity index (χ4v) is 7.34. The van der Waals surface area contributed by atoms with Gasteiger partial charge in [0.15, 0.2) is 6.10 Å². The van der Waals surface area contributed by atoms with Gasteiger partial charge in [0, 0.05) is 31.7 Å². The van der Waals surface area contributed by atoms with E-state index in [1.807, 2.05) is 36.4 Å². The van der Waals surface area contributed by atoms with Crippen molar-refractivity contribution in [1.29, 1.82) is 0 Å². The van der Waals surface area contributed by atoms with Crippen LogP contribution >= 0.6 is 7.60 Å². The Hall–Kier alpha value is -6.14. The minimum atomic E-state index is -4.85. The van der Waals surface area contributed by atoms with Gasteiger partial charge in [0.1, 0.15) is 18.4 Å². The Morgan fingerprint density at radius 3 is 1.76 bits per heavy atom. The predicted molar refractivity (Wildman–Crippen MR) is 217 cm³/mol. The van der Waals surface area contributed by atoms with Gasteiger partial charge in [0.05, 0.1) is 13.2 Å². The molecular formula is C44H47N4O9P. The summed E-state index contributed by atoms with van der Waals surface area (Å²) in [5.74, 6) is -3.85. The van der Waals surface area contributed by atoms with Gasteiger partial charge < -0.3 is 30.3 Å². The number of hydrogen-bond acceptors (Lipinski definition) is 9. The molecule has 4 N–H and O–H groups in total. The van der Waals surface area contributed by atoms with Crippen LogP contribution in [0.25, 0.3) is 0 Å². The molecule has 5 aromatic rings. The highest BCUT2D eigenvalue weighted by molar-refractivity contribution is 7.53. The van der Waals surface area contributed by atoms with E-state index in [4.69, 9.17) is 14.0 Å². The smallest absolute Gasteiger partial charge is 0.408 e. The zero-order valence-corrected chi connectivity index (χ0v) is 32.7. The lowest BCUT2D eigenvalue weighted by Crippen LogP contribution is -2.51. The first-order valence-electron chi connectivity index (χ1n) is 18.9. The second-order valence-corrected chi connectivity index (χ2v) is 15.4. The first-order chi connectivity index (χ1) is 28.1. The van der Waals surface area contributed by atoms with Gasteiger partial charge in [0.25, 0.3) is 0 Å². The third kappa shape index (κ3) is 14.7. The Bertz CT molecular complexity index is 2080. The standard InChI is InChI=1S/C44H47N4O9P/c49-40(31-46-42(50)38(28-34-14-5-1-6-15-34)47-44(52)56-32-37-20-11-4-12-21-37)48-41(30-36-18-9-3-10-19-36)58(53,54)57-39(29-35-16-7-2-8-17-35)43(51)55-27-13-22-33-23-25-45-26-24-33/h1-12,14-21,23-26,38-39,41H,13,22,27-32H2,(H,46,50)(H,47,52)(H,48,49)(H,53,54)/t38-,39-,41+/m0/s1. The van der Waals surface area contributed by atoms with E-state index >= 15 is 0 Å². The molecule has 0 aliphatic carbocycles. The summed E-state index contributed by atoms with van der Waals surface area (Å²) in [5, 5.41) is 7.65. The lowest BCUT2D eigenvalue weighted by atomic mass is 10.1. The van der Waals surface area contributed by atoms with Gasteiger partial charge in [-0.1, -0.05) is 121 Å². The van der Waals surface area contributed by atoms with E-state index in [9.17, 15) is 28.6 Å². The van der Waals surface area contributed by atoms with E-state index < -0.39 is 55.9 Å². The summed E-state index contributed by atoms with van der Waals surface area (Å²) in [6.07, 6.45) is 2.04. The second kappa shape index (κ2) is 22.6. The molecule has 0 aliphatic heterocycles. The molecule has 4 aromatic carbocycles. The number of nitrogens with zero attached hydrogens (tertiary/aromatic N) is 1. The maximum Gasteiger partial charge on any atom is 0.408 e. The quantitative estimate of drug-likeness (QED) is 0.0408. The number of hydrogen-bond donors (Lipinski definition) is 4. The molecule has 0 saturated carbocycles. The summed E-state index contributed by atoms with van der Waals surface area (Å²) in [4.78, 5) is 68.6. The molecule has 0 spiro atoms. The lowest BCUT2D eigenvalue weighted by Gasteiger charge is -2.27. The number of esters is 1. The topological polar surface area (TPSA) is 182 Å². The summed E-state index contributed by atoms with van der Waals surface area (Å²) in [6, 6.07) is 38.2. The molecule has 58 heavy (non-hydrogen) atoms. The van der Waals surface area contributed by atoms with E-state index in [0.29, 0.717) is 24.0 Å². The van der Waals surface area contributed by atoms with Gasteiger partial charge in [0.2, 0.25) is 11.8 Å². The SMILES string of the molecule is O=C(CNC(=O)[C@H](Cc1ccccc1)NC(=O)OCc1ccccc1)N[C@@H](Cc1ccccc1)P(=O)(O)O[C@@H](Cc1ccccc1)C(=O)OCCCc1ccncc1. The van der Waals surface area contributed by atoms with Gasteiger partial charge in [-0.15, -0.1) is 0 Å². The number of nitrogens with one attached hydrogen (secondary N) is 3. The van der Waals surface area contributed by atoms with Crippen LogP contribution in [-0.4, -0.2) is 64.8 Å². The van der Waals surface area contributed by atoms with Crippen LogP contribution < -0.4 is 16.0 Å². The normalized spacial score (nSPS) is 13.5. The highest BCUT2D eigenvalue weighted by Gasteiger charge is 2.39. The van der Waals surface area contributed by atoms with E-state index in [1.54, 1.807) is 109 Å². The number of benzene rings is 4. The molecule has 4 atom stereocenters. The monoisotopic (exact) mass is 806 g/mol. The number of aryl methyl sites for hydroxylation is 1. The molecule has 0 radical (unpaired) electrons. The molecule has 0 saturated heterocycles. The minimum absolute atomic E-state index is 0.0167. The van der Waals surface area contributed by atoms with Crippen LogP contribution in [0.1, 0.15) is 34.2 Å². The molecule has 0 fully saturated rings. The van der Waals surface area contributed by atoms with Crippen LogP contribution in [0.5, 0.6) is 0 Å². The van der Waals surface area contributed by atoms with Gasteiger partial charge in [-0.25, -0.2) is 9.59 Å². The van der Waals surface area contributed by atoms with Crippen LogP contribution in [-0.2, 0) is 65.2 Å².